The third-order valence-electron chi connectivity index (χ3n) is 6.57. The highest BCUT2D eigenvalue weighted by Gasteiger charge is 2.36. The molecule has 1 unspecified atom stereocenters. The van der Waals surface area contributed by atoms with Gasteiger partial charge in [-0.05, 0) is 52.0 Å². The van der Waals surface area contributed by atoms with Crippen molar-refractivity contribution in [2.75, 3.05) is 38.1 Å². The lowest BCUT2D eigenvalue weighted by atomic mass is 9.95. The summed E-state index contributed by atoms with van der Waals surface area (Å²) in [4.78, 5) is 28.6. The van der Waals surface area contributed by atoms with Crippen molar-refractivity contribution in [3.63, 3.8) is 0 Å². The minimum Gasteiger partial charge on any atom is -0.359 e. The van der Waals surface area contributed by atoms with Gasteiger partial charge in [0.25, 0.3) is 0 Å². The number of amides is 1. The van der Waals surface area contributed by atoms with Crippen molar-refractivity contribution in [1.82, 2.24) is 29.5 Å². The van der Waals surface area contributed by atoms with E-state index in [-0.39, 0.29) is 6.04 Å². The molecule has 8 nitrogen and oxygen atoms in total. The second-order valence-electron chi connectivity index (χ2n) is 8.84. The first-order valence-corrected chi connectivity index (χ1v) is 10.8. The van der Waals surface area contributed by atoms with Crippen LogP contribution in [0, 0.1) is 5.92 Å². The molecular weight excluding hydrogens is 366 g/mol. The summed E-state index contributed by atoms with van der Waals surface area (Å²) in [7, 11) is 3.99. The van der Waals surface area contributed by atoms with Gasteiger partial charge in [0, 0.05) is 39.8 Å². The summed E-state index contributed by atoms with van der Waals surface area (Å²) in [5, 5.41) is 5.30. The fourth-order valence-electron chi connectivity index (χ4n) is 4.95. The molecule has 2 aliphatic heterocycles. The van der Waals surface area contributed by atoms with Crippen LogP contribution in [0.3, 0.4) is 0 Å². The van der Waals surface area contributed by atoms with E-state index in [2.05, 4.69) is 50.7 Å². The number of nitrogens with zero attached hydrogens (tertiary/aromatic N) is 7. The van der Waals surface area contributed by atoms with Crippen LogP contribution in [-0.2, 0) is 11.8 Å². The Balaban J connectivity index is 1.34. The molecule has 0 bridgehead atoms. The maximum absolute atomic E-state index is 13.1. The van der Waals surface area contributed by atoms with Gasteiger partial charge < -0.3 is 9.80 Å². The summed E-state index contributed by atoms with van der Waals surface area (Å²) in [5.41, 5.74) is 0.855. The third kappa shape index (κ3) is 3.95. The lowest BCUT2D eigenvalue weighted by molar-refractivity contribution is -0.138. The predicted molar refractivity (Wildman–Crippen MR) is 114 cm³/mol. The quantitative estimate of drug-likeness (QED) is 0.765. The molecule has 158 valence electrons. The minimum atomic E-state index is 0.0918. The molecule has 1 atom stereocenters. The normalized spacial score (nSPS) is 21.4. The van der Waals surface area contributed by atoms with Crippen molar-refractivity contribution in [2.24, 2.45) is 13.0 Å². The molecule has 2 aliphatic rings. The van der Waals surface area contributed by atoms with Gasteiger partial charge in [-0.1, -0.05) is 0 Å². The fourth-order valence-corrected chi connectivity index (χ4v) is 4.95. The van der Waals surface area contributed by atoms with Gasteiger partial charge in [-0.25, -0.2) is 9.97 Å². The summed E-state index contributed by atoms with van der Waals surface area (Å²) < 4.78 is 1.78. The van der Waals surface area contributed by atoms with E-state index in [1.165, 1.54) is 0 Å². The molecule has 0 N–H and O–H groups in total. The standard InChI is InChI=1S/C21H33N7O/c1-15(2)28-9-5-6-18(28)21(29)27-10-7-16(8-11-27)13-25(3)19-17-12-24-26(4)20(17)23-14-22-19/h12,14-16,18H,5-11,13H2,1-4H3. The van der Waals surface area contributed by atoms with Crippen LogP contribution in [0.4, 0.5) is 5.82 Å². The number of rotatable bonds is 5. The Hall–Kier alpha value is -2.22. The Bertz CT molecular complexity index is 856. The summed E-state index contributed by atoms with van der Waals surface area (Å²) in [5.74, 6) is 1.84. The zero-order valence-corrected chi connectivity index (χ0v) is 18.1. The molecule has 29 heavy (non-hydrogen) atoms. The molecule has 4 heterocycles. The van der Waals surface area contributed by atoms with Crippen LogP contribution >= 0.6 is 0 Å². The number of carbonyl (C=O) groups excluding carboxylic acids is 1. The average Bonchev–Trinajstić information content (AvgIpc) is 3.35. The monoisotopic (exact) mass is 399 g/mol. The van der Waals surface area contributed by atoms with Crippen LogP contribution in [-0.4, -0.2) is 80.8 Å². The zero-order valence-electron chi connectivity index (χ0n) is 18.1. The summed E-state index contributed by atoms with van der Waals surface area (Å²) >= 11 is 0. The molecule has 0 radical (unpaired) electrons. The Morgan fingerprint density at radius 1 is 1.21 bits per heavy atom. The minimum absolute atomic E-state index is 0.0918. The molecule has 8 heteroatoms. The number of likely N-dealkylation sites (tertiary alicyclic amines) is 2. The maximum Gasteiger partial charge on any atom is 0.239 e. The van der Waals surface area contributed by atoms with Crippen LogP contribution in [0.15, 0.2) is 12.5 Å². The molecule has 0 aliphatic carbocycles. The summed E-state index contributed by atoms with van der Waals surface area (Å²) in [6, 6.07) is 0.531. The lowest BCUT2D eigenvalue weighted by Crippen LogP contribution is -2.50. The average molecular weight is 400 g/mol. The number of piperidine rings is 1. The van der Waals surface area contributed by atoms with E-state index in [0.29, 0.717) is 17.9 Å². The molecule has 1 amide bonds. The number of anilines is 1. The molecule has 0 spiro atoms. The highest BCUT2D eigenvalue weighted by molar-refractivity contribution is 5.86. The predicted octanol–water partition coefficient (Wildman–Crippen LogP) is 1.91. The van der Waals surface area contributed by atoms with Crippen molar-refractivity contribution in [3.05, 3.63) is 12.5 Å². The lowest BCUT2D eigenvalue weighted by Gasteiger charge is -2.37. The highest BCUT2D eigenvalue weighted by Crippen LogP contribution is 2.27. The second kappa shape index (κ2) is 8.26. The largest absolute Gasteiger partial charge is 0.359 e. The molecule has 2 saturated heterocycles. The van der Waals surface area contributed by atoms with Crippen LogP contribution in [0.25, 0.3) is 11.0 Å². The third-order valence-corrected chi connectivity index (χ3v) is 6.57. The van der Waals surface area contributed by atoms with E-state index >= 15 is 0 Å². The maximum atomic E-state index is 13.1. The Morgan fingerprint density at radius 2 is 1.97 bits per heavy atom. The summed E-state index contributed by atoms with van der Waals surface area (Å²) in [6.45, 7) is 8.11. The van der Waals surface area contributed by atoms with Crippen molar-refractivity contribution >= 4 is 22.8 Å². The molecule has 2 fully saturated rings. The number of hydrogen-bond acceptors (Lipinski definition) is 6. The highest BCUT2D eigenvalue weighted by atomic mass is 16.2. The van der Waals surface area contributed by atoms with Crippen LogP contribution in [0.5, 0.6) is 0 Å². The summed E-state index contributed by atoms with van der Waals surface area (Å²) in [6.07, 6.45) is 7.69. The Labute approximate surface area is 172 Å². The van der Waals surface area contributed by atoms with E-state index in [1.807, 2.05) is 13.2 Å². The van der Waals surface area contributed by atoms with Gasteiger partial charge >= 0.3 is 0 Å². The van der Waals surface area contributed by atoms with Crippen molar-refractivity contribution < 1.29 is 4.79 Å². The zero-order chi connectivity index (χ0) is 20.5. The number of carbonyl (C=O) groups is 1. The first-order valence-electron chi connectivity index (χ1n) is 10.8. The first kappa shape index (κ1) is 20.1. The van der Waals surface area contributed by atoms with E-state index in [9.17, 15) is 4.79 Å². The number of aromatic nitrogens is 4. The van der Waals surface area contributed by atoms with Crippen molar-refractivity contribution in [1.29, 1.82) is 0 Å². The molecule has 2 aromatic heterocycles. The van der Waals surface area contributed by atoms with Crippen molar-refractivity contribution in [2.45, 2.75) is 51.6 Å². The fraction of sp³-hybridized carbons (Fsp3) is 0.714. The topological polar surface area (TPSA) is 70.4 Å². The molecular formula is C21H33N7O. The van der Waals surface area contributed by atoms with E-state index in [0.717, 1.165) is 68.7 Å². The van der Waals surface area contributed by atoms with Gasteiger partial charge in [0.15, 0.2) is 5.65 Å². The van der Waals surface area contributed by atoms with Gasteiger partial charge in [0.2, 0.25) is 5.91 Å². The van der Waals surface area contributed by atoms with Crippen molar-refractivity contribution in [3.8, 4) is 0 Å². The second-order valence-corrected chi connectivity index (χ2v) is 8.84. The van der Waals surface area contributed by atoms with E-state index < -0.39 is 0 Å². The van der Waals surface area contributed by atoms with Gasteiger partial charge in [-0.2, -0.15) is 5.10 Å². The van der Waals surface area contributed by atoms with Gasteiger partial charge in [-0.15, -0.1) is 0 Å². The smallest absolute Gasteiger partial charge is 0.239 e. The molecule has 0 saturated carbocycles. The number of aryl methyl sites for hydroxylation is 1. The van der Waals surface area contributed by atoms with Crippen LogP contribution in [0.2, 0.25) is 0 Å². The first-order chi connectivity index (χ1) is 14.0. The molecule has 0 aromatic carbocycles. The number of fused-ring (bicyclic) bond motifs is 1. The van der Waals surface area contributed by atoms with Crippen LogP contribution in [0.1, 0.15) is 39.5 Å². The molecule has 4 rings (SSSR count). The SMILES string of the molecule is CC(C)N1CCCC1C(=O)N1CCC(CN(C)c2ncnc3c2cnn3C)CC1. The van der Waals surface area contributed by atoms with E-state index in [4.69, 9.17) is 0 Å². The van der Waals surface area contributed by atoms with Gasteiger partial charge in [-0.3, -0.25) is 14.4 Å². The van der Waals surface area contributed by atoms with Crippen LogP contribution < -0.4 is 4.90 Å². The van der Waals surface area contributed by atoms with Gasteiger partial charge in [0.05, 0.1) is 17.6 Å². The molecule has 2 aromatic rings. The van der Waals surface area contributed by atoms with E-state index in [1.54, 1.807) is 11.0 Å². The van der Waals surface area contributed by atoms with Gasteiger partial charge in [0.1, 0.15) is 12.1 Å². The Morgan fingerprint density at radius 3 is 2.69 bits per heavy atom. The Kier molecular flexibility index (Phi) is 5.72. The number of hydrogen-bond donors (Lipinski definition) is 0.